The van der Waals surface area contributed by atoms with E-state index in [9.17, 15) is 9.18 Å². The molecule has 3 nitrogen and oxygen atoms in total. The van der Waals surface area contributed by atoms with Gasteiger partial charge in [-0.1, -0.05) is 24.3 Å². The van der Waals surface area contributed by atoms with Crippen molar-refractivity contribution in [2.24, 2.45) is 4.99 Å². The largest absolute Gasteiger partial charge is 0.402 e. The average Bonchev–Trinajstić information content (AvgIpc) is 2.85. The van der Waals surface area contributed by atoms with Gasteiger partial charge in [0.2, 0.25) is 5.90 Å². The average molecular weight is 295 g/mol. The Balaban J connectivity index is 1.98. The molecule has 2 aromatic carbocycles. The molecule has 3 rings (SSSR count). The van der Waals surface area contributed by atoms with E-state index in [1.807, 2.05) is 32.0 Å². The second-order valence-corrected chi connectivity index (χ2v) is 5.16. The van der Waals surface area contributed by atoms with E-state index in [-0.39, 0.29) is 11.6 Å². The third kappa shape index (κ3) is 2.68. The smallest absolute Gasteiger partial charge is 0.363 e. The Kier molecular flexibility index (Phi) is 3.59. The molecule has 0 saturated heterocycles. The fraction of sp³-hybridized carbons (Fsp3) is 0.111. The topological polar surface area (TPSA) is 38.7 Å². The maximum absolute atomic E-state index is 13.6. The monoisotopic (exact) mass is 295 g/mol. The fourth-order valence-electron chi connectivity index (χ4n) is 2.15. The molecule has 0 radical (unpaired) electrons. The molecular weight excluding hydrogens is 281 g/mol. The van der Waals surface area contributed by atoms with Gasteiger partial charge in [-0.25, -0.2) is 14.2 Å². The van der Waals surface area contributed by atoms with Crippen LogP contribution >= 0.6 is 0 Å². The van der Waals surface area contributed by atoms with Gasteiger partial charge in [0.1, 0.15) is 5.82 Å². The van der Waals surface area contributed by atoms with Gasteiger partial charge in [-0.05, 0) is 49.2 Å². The van der Waals surface area contributed by atoms with Crippen LogP contribution in [0.3, 0.4) is 0 Å². The van der Waals surface area contributed by atoms with E-state index in [2.05, 4.69) is 4.99 Å². The van der Waals surface area contributed by atoms with Crippen LogP contribution in [0.15, 0.2) is 53.2 Å². The van der Waals surface area contributed by atoms with E-state index >= 15 is 0 Å². The van der Waals surface area contributed by atoms with Gasteiger partial charge >= 0.3 is 5.97 Å². The Morgan fingerprint density at radius 3 is 2.59 bits per heavy atom. The Morgan fingerprint density at radius 2 is 1.86 bits per heavy atom. The summed E-state index contributed by atoms with van der Waals surface area (Å²) in [4.78, 5) is 16.1. The number of ether oxygens (including phenoxy) is 1. The predicted molar refractivity (Wildman–Crippen MR) is 82.9 cm³/mol. The zero-order valence-electron chi connectivity index (χ0n) is 12.3. The molecule has 0 spiro atoms. The van der Waals surface area contributed by atoms with Crippen molar-refractivity contribution in [1.82, 2.24) is 0 Å². The molecule has 0 fully saturated rings. The summed E-state index contributed by atoms with van der Waals surface area (Å²) < 4.78 is 18.8. The summed E-state index contributed by atoms with van der Waals surface area (Å²) >= 11 is 0. The number of halogens is 1. The zero-order chi connectivity index (χ0) is 15.7. The summed E-state index contributed by atoms with van der Waals surface area (Å²) in [5, 5.41) is 0. The van der Waals surface area contributed by atoms with E-state index in [0.29, 0.717) is 5.56 Å². The minimum atomic E-state index is -0.573. The molecule has 0 aromatic heterocycles. The van der Waals surface area contributed by atoms with E-state index in [1.165, 1.54) is 12.1 Å². The molecule has 0 atom stereocenters. The third-order valence-electron chi connectivity index (χ3n) is 3.57. The molecule has 1 aliphatic heterocycles. The lowest BCUT2D eigenvalue weighted by atomic mass is 10.1. The quantitative estimate of drug-likeness (QED) is 0.624. The molecule has 1 aliphatic rings. The van der Waals surface area contributed by atoms with Crippen LogP contribution in [-0.2, 0) is 9.53 Å². The lowest BCUT2D eigenvalue weighted by Gasteiger charge is -2.03. The van der Waals surface area contributed by atoms with Crippen LogP contribution in [0.25, 0.3) is 6.08 Å². The van der Waals surface area contributed by atoms with Gasteiger partial charge in [0, 0.05) is 11.1 Å². The highest BCUT2D eigenvalue weighted by atomic mass is 19.1. The van der Waals surface area contributed by atoms with Crippen LogP contribution in [0.4, 0.5) is 4.39 Å². The molecule has 110 valence electrons. The van der Waals surface area contributed by atoms with Crippen LogP contribution in [0, 0.1) is 19.7 Å². The van der Waals surface area contributed by atoms with Gasteiger partial charge in [-0.15, -0.1) is 0 Å². The molecule has 22 heavy (non-hydrogen) atoms. The first-order chi connectivity index (χ1) is 10.5. The number of aryl methyl sites for hydroxylation is 2. The molecule has 0 unspecified atom stereocenters. The molecule has 2 aromatic rings. The second-order valence-electron chi connectivity index (χ2n) is 5.16. The highest BCUT2D eigenvalue weighted by molar-refractivity contribution is 6.12. The molecule has 0 amide bonds. The maximum Gasteiger partial charge on any atom is 0.363 e. The van der Waals surface area contributed by atoms with E-state index < -0.39 is 11.8 Å². The SMILES string of the molecule is Cc1ccc(C2=N/C(=C\c3ccccc3F)C(=O)O2)cc1C. The van der Waals surface area contributed by atoms with Crippen molar-refractivity contribution in [3.8, 4) is 0 Å². The van der Waals surface area contributed by atoms with Crippen LogP contribution in [-0.4, -0.2) is 11.9 Å². The third-order valence-corrected chi connectivity index (χ3v) is 3.57. The van der Waals surface area contributed by atoms with Crippen molar-refractivity contribution in [1.29, 1.82) is 0 Å². The standard InChI is InChI=1S/C18H14FNO2/c1-11-7-8-14(9-12(11)2)17-20-16(18(21)22-17)10-13-5-3-4-6-15(13)19/h3-10H,1-2H3/b16-10-. The van der Waals surface area contributed by atoms with Gasteiger partial charge in [-0.2, -0.15) is 0 Å². The van der Waals surface area contributed by atoms with Crippen molar-refractivity contribution in [2.75, 3.05) is 0 Å². The van der Waals surface area contributed by atoms with E-state index in [0.717, 1.165) is 16.7 Å². The van der Waals surface area contributed by atoms with Gasteiger partial charge < -0.3 is 4.74 Å². The fourth-order valence-corrected chi connectivity index (χ4v) is 2.15. The van der Waals surface area contributed by atoms with Gasteiger partial charge in [0.25, 0.3) is 0 Å². The van der Waals surface area contributed by atoms with Crippen LogP contribution in [0.1, 0.15) is 22.3 Å². The summed E-state index contributed by atoms with van der Waals surface area (Å²) in [5.74, 6) is -0.732. The number of rotatable bonds is 2. The number of carbonyl (C=O) groups excluding carboxylic acids is 1. The highest BCUT2D eigenvalue weighted by Gasteiger charge is 2.24. The molecule has 0 bridgehead atoms. The number of benzene rings is 2. The number of hydrogen-bond donors (Lipinski definition) is 0. The van der Waals surface area contributed by atoms with Crippen LogP contribution in [0.2, 0.25) is 0 Å². The normalized spacial score (nSPS) is 15.9. The highest BCUT2D eigenvalue weighted by Crippen LogP contribution is 2.21. The second kappa shape index (κ2) is 5.56. The summed E-state index contributed by atoms with van der Waals surface area (Å²) in [6, 6.07) is 11.9. The molecule has 0 N–H and O–H groups in total. The minimum absolute atomic E-state index is 0.0957. The van der Waals surface area contributed by atoms with Crippen molar-refractivity contribution < 1.29 is 13.9 Å². The van der Waals surface area contributed by atoms with Gasteiger partial charge in [0.15, 0.2) is 5.70 Å². The van der Waals surface area contributed by atoms with Crippen molar-refractivity contribution in [3.63, 3.8) is 0 Å². The summed E-state index contributed by atoms with van der Waals surface area (Å²) in [6.45, 7) is 3.98. The Morgan fingerprint density at radius 1 is 1.09 bits per heavy atom. The van der Waals surface area contributed by atoms with Crippen molar-refractivity contribution in [2.45, 2.75) is 13.8 Å². The first-order valence-electron chi connectivity index (χ1n) is 6.89. The number of hydrogen-bond acceptors (Lipinski definition) is 3. The summed E-state index contributed by atoms with van der Waals surface area (Å²) in [6.07, 6.45) is 1.39. The van der Waals surface area contributed by atoms with Crippen LogP contribution in [0.5, 0.6) is 0 Å². The number of aliphatic imine (C=N–C) groups is 1. The number of nitrogens with zero attached hydrogens (tertiary/aromatic N) is 1. The molecule has 1 heterocycles. The number of esters is 1. The minimum Gasteiger partial charge on any atom is -0.402 e. The van der Waals surface area contributed by atoms with Gasteiger partial charge in [0.05, 0.1) is 0 Å². The van der Waals surface area contributed by atoms with Gasteiger partial charge in [-0.3, -0.25) is 0 Å². The van der Waals surface area contributed by atoms with Crippen LogP contribution < -0.4 is 0 Å². The molecule has 0 saturated carbocycles. The van der Waals surface area contributed by atoms with E-state index in [4.69, 9.17) is 4.74 Å². The van der Waals surface area contributed by atoms with E-state index in [1.54, 1.807) is 18.2 Å². The number of cyclic esters (lactones) is 1. The number of carbonyl (C=O) groups is 1. The lowest BCUT2D eigenvalue weighted by molar-refractivity contribution is -0.129. The molecule has 4 heteroatoms. The summed E-state index contributed by atoms with van der Waals surface area (Å²) in [7, 11) is 0. The predicted octanol–water partition coefficient (Wildman–Crippen LogP) is 3.79. The van der Waals surface area contributed by atoms with Crippen molar-refractivity contribution in [3.05, 3.63) is 76.2 Å². The molecular formula is C18H14FNO2. The maximum atomic E-state index is 13.6. The Labute approximate surface area is 127 Å². The summed E-state index contributed by atoms with van der Waals surface area (Å²) in [5.41, 5.74) is 3.37. The lowest BCUT2D eigenvalue weighted by Crippen LogP contribution is -2.05. The molecule has 0 aliphatic carbocycles. The zero-order valence-corrected chi connectivity index (χ0v) is 12.3. The van der Waals surface area contributed by atoms with Crippen molar-refractivity contribution >= 4 is 17.9 Å². The Hall–Kier alpha value is -2.75. The first kappa shape index (κ1) is 14.2. The first-order valence-corrected chi connectivity index (χ1v) is 6.89. The Bertz CT molecular complexity index is 822.